The molecule has 0 saturated carbocycles. The number of halogens is 2. The van der Waals surface area contributed by atoms with E-state index in [0.717, 1.165) is 12.1 Å². The maximum Gasteiger partial charge on any atom is 0.257 e. The van der Waals surface area contributed by atoms with Crippen LogP contribution in [0.4, 0.5) is 14.6 Å². The maximum absolute atomic E-state index is 13.7. The normalized spacial score (nSPS) is 10.2. The van der Waals surface area contributed by atoms with Gasteiger partial charge in [0.15, 0.2) is 16.7 Å². The van der Waals surface area contributed by atoms with Crippen LogP contribution >= 0.6 is 12.2 Å². The third-order valence-corrected chi connectivity index (χ3v) is 3.90. The molecule has 28 heavy (non-hydrogen) atoms. The summed E-state index contributed by atoms with van der Waals surface area (Å²) in [6.45, 7) is -0.331. The van der Waals surface area contributed by atoms with E-state index in [1.807, 2.05) is 0 Å². The highest BCUT2D eigenvalue weighted by Gasteiger charge is 2.13. The standard InChI is InChI=1S/C20H15F2N3O2S/c21-15-8-4-9-16(22)14(15)12-27-17-10-5-11-23-18(17)24-20(28)25-19(26)13-6-2-1-3-7-13/h1-11H,12H2,(H2,23,24,25,26,28). The number of amides is 1. The Balaban J connectivity index is 1.67. The molecule has 3 aromatic rings. The second-order valence-corrected chi connectivity index (χ2v) is 6.02. The lowest BCUT2D eigenvalue weighted by Crippen LogP contribution is -2.34. The van der Waals surface area contributed by atoms with Crippen LogP contribution in [0.15, 0.2) is 66.9 Å². The second-order valence-electron chi connectivity index (χ2n) is 5.61. The van der Waals surface area contributed by atoms with Gasteiger partial charge in [0.1, 0.15) is 18.2 Å². The molecule has 0 aliphatic heterocycles. The lowest BCUT2D eigenvalue weighted by Gasteiger charge is -2.14. The number of ether oxygens (including phenoxy) is 1. The fourth-order valence-electron chi connectivity index (χ4n) is 2.32. The van der Waals surface area contributed by atoms with Crippen molar-refractivity contribution in [2.24, 2.45) is 0 Å². The molecule has 142 valence electrons. The number of pyridine rings is 1. The average Bonchev–Trinajstić information content (AvgIpc) is 2.69. The highest BCUT2D eigenvalue weighted by molar-refractivity contribution is 7.80. The van der Waals surface area contributed by atoms with Crippen LogP contribution in [-0.2, 0) is 6.61 Å². The number of nitrogens with one attached hydrogen (secondary N) is 2. The van der Waals surface area contributed by atoms with Crippen LogP contribution in [0.25, 0.3) is 0 Å². The van der Waals surface area contributed by atoms with Gasteiger partial charge in [0.2, 0.25) is 0 Å². The molecule has 0 radical (unpaired) electrons. The van der Waals surface area contributed by atoms with Gasteiger partial charge in [-0.2, -0.15) is 0 Å². The third-order valence-electron chi connectivity index (χ3n) is 3.70. The molecule has 2 aromatic carbocycles. The van der Waals surface area contributed by atoms with Crippen LogP contribution in [0, 0.1) is 11.6 Å². The van der Waals surface area contributed by atoms with E-state index >= 15 is 0 Å². The first-order valence-electron chi connectivity index (χ1n) is 8.22. The zero-order chi connectivity index (χ0) is 19.9. The Morgan fingerprint density at radius 1 is 1.00 bits per heavy atom. The van der Waals surface area contributed by atoms with Crippen molar-refractivity contribution in [3.63, 3.8) is 0 Å². The topological polar surface area (TPSA) is 63.2 Å². The molecule has 0 unspecified atom stereocenters. The fraction of sp³-hybridized carbons (Fsp3) is 0.0500. The van der Waals surface area contributed by atoms with Gasteiger partial charge in [-0.3, -0.25) is 10.1 Å². The van der Waals surface area contributed by atoms with E-state index in [4.69, 9.17) is 17.0 Å². The highest BCUT2D eigenvalue weighted by Crippen LogP contribution is 2.23. The predicted octanol–water partition coefficient (Wildman–Crippen LogP) is 4.07. The number of hydrogen-bond acceptors (Lipinski definition) is 4. The van der Waals surface area contributed by atoms with Gasteiger partial charge < -0.3 is 10.1 Å². The number of aromatic nitrogens is 1. The van der Waals surface area contributed by atoms with Gasteiger partial charge >= 0.3 is 0 Å². The van der Waals surface area contributed by atoms with Crippen LogP contribution in [0.3, 0.4) is 0 Å². The number of nitrogens with zero attached hydrogens (tertiary/aromatic N) is 1. The largest absolute Gasteiger partial charge is 0.485 e. The number of anilines is 1. The number of carbonyl (C=O) groups is 1. The summed E-state index contributed by atoms with van der Waals surface area (Å²) < 4.78 is 33.0. The molecule has 3 rings (SSSR count). The quantitative estimate of drug-likeness (QED) is 0.634. The van der Waals surface area contributed by atoms with Crippen LogP contribution in [-0.4, -0.2) is 16.0 Å². The number of rotatable bonds is 5. The molecule has 5 nitrogen and oxygen atoms in total. The van der Waals surface area contributed by atoms with Crippen LogP contribution in [0.1, 0.15) is 15.9 Å². The summed E-state index contributed by atoms with van der Waals surface area (Å²) in [5, 5.41) is 5.29. The smallest absolute Gasteiger partial charge is 0.257 e. The first-order valence-corrected chi connectivity index (χ1v) is 8.63. The van der Waals surface area contributed by atoms with Crippen molar-refractivity contribution in [3.8, 4) is 5.75 Å². The Kier molecular flexibility index (Phi) is 6.23. The Labute approximate surface area is 165 Å². The SMILES string of the molecule is O=C(NC(=S)Nc1ncccc1OCc1c(F)cccc1F)c1ccccc1. The monoisotopic (exact) mass is 399 g/mol. The minimum absolute atomic E-state index is 0.00877. The van der Waals surface area contributed by atoms with E-state index in [-0.39, 0.29) is 34.8 Å². The number of carbonyl (C=O) groups excluding carboxylic acids is 1. The Bertz CT molecular complexity index is 980. The molecular formula is C20H15F2N3O2S. The lowest BCUT2D eigenvalue weighted by atomic mass is 10.2. The van der Waals surface area contributed by atoms with Gasteiger partial charge in [0.25, 0.3) is 5.91 Å². The molecule has 0 atom stereocenters. The summed E-state index contributed by atoms with van der Waals surface area (Å²) >= 11 is 5.13. The number of benzene rings is 2. The molecule has 1 amide bonds. The summed E-state index contributed by atoms with van der Waals surface area (Å²) in [5.74, 6) is -1.36. The van der Waals surface area contributed by atoms with E-state index in [1.54, 1.807) is 42.5 Å². The molecule has 1 heterocycles. The number of thiocarbonyl (C=S) groups is 1. The van der Waals surface area contributed by atoms with Gasteiger partial charge in [-0.25, -0.2) is 13.8 Å². The summed E-state index contributed by atoms with van der Waals surface area (Å²) in [4.78, 5) is 16.2. The van der Waals surface area contributed by atoms with Crippen LogP contribution in [0.5, 0.6) is 5.75 Å². The second kappa shape index (κ2) is 9.01. The molecule has 8 heteroatoms. The van der Waals surface area contributed by atoms with E-state index < -0.39 is 11.6 Å². The zero-order valence-corrected chi connectivity index (χ0v) is 15.3. The van der Waals surface area contributed by atoms with Crippen molar-refractivity contribution < 1.29 is 18.3 Å². The van der Waals surface area contributed by atoms with Crippen molar-refractivity contribution in [1.29, 1.82) is 0 Å². The fourth-order valence-corrected chi connectivity index (χ4v) is 2.51. The summed E-state index contributed by atoms with van der Waals surface area (Å²) in [6, 6.07) is 15.3. The molecule has 0 spiro atoms. The Hall–Kier alpha value is -3.39. The minimum Gasteiger partial charge on any atom is -0.485 e. The van der Waals surface area contributed by atoms with Gasteiger partial charge in [0.05, 0.1) is 5.56 Å². The van der Waals surface area contributed by atoms with Crippen molar-refractivity contribution in [2.75, 3.05) is 5.32 Å². The van der Waals surface area contributed by atoms with Crippen molar-refractivity contribution >= 4 is 29.1 Å². The van der Waals surface area contributed by atoms with E-state index in [1.165, 1.54) is 12.3 Å². The van der Waals surface area contributed by atoms with Gasteiger partial charge in [-0.1, -0.05) is 24.3 Å². The van der Waals surface area contributed by atoms with Gasteiger partial charge in [-0.15, -0.1) is 0 Å². The molecule has 0 saturated heterocycles. The predicted molar refractivity (Wildman–Crippen MR) is 105 cm³/mol. The van der Waals surface area contributed by atoms with Crippen LogP contribution < -0.4 is 15.4 Å². The first kappa shape index (κ1) is 19.4. The van der Waals surface area contributed by atoms with E-state index in [0.29, 0.717) is 5.56 Å². The molecule has 0 bridgehead atoms. The summed E-state index contributed by atoms with van der Waals surface area (Å²) in [6.07, 6.45) is 1.49. The molecule has 2 N–H and O–H groups in total. The average molecular weight is 399 g/mol. The Morgan fingerprint density at radius 2 is 1.71 bits per heavy atom. The zero-order valence-electron chi connectivity index (χ0n) is 14.5. The lowest BCUT2D eigenvalue weighted by molar-refractivity contribution is 0.0977. The highest BCUT2D eigenvalue weighted by atomic mass is 32.1. The molecular weight excluding hydrogens is 384 g/mol. The summed E-state index contributed by atoms with van der Waals surface area (Å²) in [5.41, 5.74) is 0.247. The molecule has 0 aliphatic rings. The molecule has 1 aromatic heterocycles. The Morgan fingerprint density at radius 3 is 2.43 bits per heavy atom. The van der Waals surface area contributed by atoms with Gasteiger partial charge in [0, 0.05) is 11.8 Å². The molecule has 0 fully saturated rings. The van der Waals surface area contributed by atoms with E-state index in [2.05, 4.69) is 15.6 Å². The molecule has 0 aliphatic carbocycles. The van der Waals surface area contributed by atoms with Crippen molar-refractivity contribution in [3.05, 3.63) is 89.6 Å². The minimum atomic E-state index is -0.705. The van der Waals surface area contributed by atoms with E-state index in [9.17, 15) is 13.6 Å². The first-order chi connectivity index (χ1) is 13.5. The third kappa shape index (κ3) is 4.86. The maximum atomic E-state index is 13.7. The summed E-state index contributed by atoms with van der Waals surface area (Å²) in [7, 11) is 0. The van der Waals surface area contributed by atoms with Crippen molar-refractivity contribution in [2.45, 2.75) is 6.61 Å². The number of hydrogen-bond donors (Lipinski definition) is 2. The van der Waals surface area contributed by atoms with Crippen molar-refractivity contribution in [1.82, 2.24) is 10.3 Å². The van der Waals surface area contributed by atoms with Crippen LogP contribution in [0.2, 0.25) is 0 Å². The van der Waals surface area contributed by atoms with Gasteiger partial charge in [-0.05, 0) is 48.6 Å².